The lowest BCUT2D eigenvalue weighted by molar-refractivity contribution is 0.0907. The molecule has 1 N–H and O–H groups in total. The predicted molar refractivity (Wildman–Crippen MR) is 110 cm³/mol. The van der Waals surface area contributed by atoms with Gasteiger partial charge in [-0.25, -0.2) is 4.98 Å². The SMILES string of the molecule is Cc1ccc(CNC(=O)c2nc(-c3ccnc(N4CCC(C)CC4)c3)no2)cc1. The topological polar surface area (TPSA) is 84.2 Å². The van der Waals surface area contributed by atoms with Crippen molar-refractivity contribution >= 4 is 11.7 Å². The molecular formula is C22H25N5O2. The molecule has 0 saturated carbocycles. The van der Waals surface area contributed by atoms with Crippen LogP contribution in [0.3, 0.4) is 0 Å². The fraction of sp³-hybridized carbons (Fsp3) is 0.364. The van der Waals surface area contributed by atoms with Gasteiger partial charge in [0.15, 0.2) is 0 Å². The van der Waals surface area contributed by atoms with Gasteiger partial charge >= 0.3 is 11.8 Å². The Balaban J connectivity index is 1.42. The summed E-state index contributed by atoms with van der Waals surface area (Å²) in [5.74, 6) is 1.62. The fourth-order valence-corrected chi connectivity index (χ4v) is 3.36. The van der Waals surface area contributed by atoms with Gasteiger partial charge in [0.25, 0.3) is 0 Å². The minimum atomic E-state index is -0.386. The Labute approximate surface area is 170 Å². The molecule has 1 saturated heterocycles. The number of carbonyl (C=O) groups excluding carboxylic acids is 1. The maximum absolute atomic E-state index is 12.3. The van der Waals surface area contributed by atoms with Crippen molar-refractivity contribution in [2.75, 3.05) is 18.0 Å². The highest BCUT2D eigenvalue weighted by molar-refractivity contribution is 5.89. The maximum atomic E-state index is 12.3. The quantitative estimate of drug-likeness (QED) is 0.715. The van der Waals surface area contributed by atoms with Gasteiger partial charge in [-0.05, 0) is 43.4 Å². The zero-order chi connectivity index (χ0) is 20.2. The maximum Gasteiger partial charge on any atom is 0.316 e. The van der Waals surface area contributed by atoms with Crippen molar-refractivity contribution in [2.45, 2.75) is 33.2 Å². The van der Waals surface area contributed by atoms with Crippen molar-refractivity contribution in [3.8, 4) is 11.4 Å². The normalized spacial score (nSPS) is 14.8. The first-order valence-corrected chi connectivity index (χ1v) is 9.97. The zero-order valence-electron chi connectivity index (χ0n) is 16.8. The second kappa shape index (κ2) is 8.43. The third-order valence-corrected chi connectivity index (χ3v) is 5.31. The van der Waals surface area contributed by atoms with Crippen molar-refractivity contribution in [1.82, 2.24) is 20.4 Å². The molecule has 0 radical (unpaired) electrons. The summed E-state index contributed by atoms with van der Waals surface area (Å²) in [4.78, 5) is 23.4. The lowest BCUT2D eigenvalue weighted by Gasteiger charge is -2.31. The Morgan fingerprint density at radius 2 is 1.97 bits per heavy atom. The first-order valence-electron chi connectivity index (χ1n) is 9.97. The summed E-state index contributed by atoms with van der Waals surface area (Å²) in [6.45, 7) is 6.71. The summed E-state index contributed by atoms with van der Waals surface area (Å²) < 4.78 is 5.18. The molecule has 0 aliphatic carbocycles. The number of amides is 1. The van der Waals surface area contributed by atoms with E-state index in [1.54, 1.807) is 6.20 Å². The van der Waals surface area contributed by atoms with Crippen LogP contribution in [-0.4, -0.2) is 34.1 Å². The van der Waals surface area contributed by atoms with Crippen LogP contribution >= 0.6 is 0 Å². The lowest BCUT2D eigenvalue weighted by atomic mass is 9.99. The number of nitrogens with one attached hydrogen (secondary N) is 1. The number of benzene rings is 1. The molecular weight excluding hydrogens is 366 g/mol. The van der Waals surface area contributed by atoms with E-state index in [0.29, 0.717) is 12.4 Å². The molecule has 7 heteroatoms. The van der Waals surface area contributed by atoms with Gasteiger partial charge < -0.3 is 14.7 Å². The van der Waals surface area contributed by atoms with Gasteiger partial charge in [0.2, 0.25) is 5.82 Å². The summed E-state index contributed by atoms with van der Waals surface area (Å²) in [6.07, 6.45) is 4.08. The summed E-state index contributed by atoms with van der Waals surface area (Å²) in [6, 6.07) is 11.8. The molecule has 29 heavy (non-hydrogen) atoms. The van der Waals surface area contributed by atoms with Crippen LogP contribution in [0.25, 0.3) is 11.4 Å². The standard InChI is InChI=1S/C22H25N5O2/c1-15-3-5-17(6-4-15)14-24-21(28)22-25-20(26-29-22)18-7-10-23-19(13-18)27-11-8-16(2)9-12-27/h3-7,10,13,16H,8-9,11-12,14H2,1-2H3,(H,24,28). The number of hydrogen-bond donors (Lipinski definition) is 1. The van der Waals surface area contributed by atoms with Crippen molar-refractivity contribution in [3.63, 3.8) is 0 Å². The molecule has 4 rings (SSSR count). The molecule has 150 valence electrons. The molecule has 0 unspecified atom stereocenters. The second-order valence-electron chi connectivity index (χ2n) is 7.66. The van der Waals surface area contributed by atoms with E-state index < -0.39 is 0 Å². The highest BCUT2D eigenvalue weighted by Gasteiger charge is 2.19. The second-order valence-corrected chi connectivity index (χ2v) is 7.66. The van der Waals surface area contributed by atoms with Gasteiger partial charge in [0, 0.05) is 31.4 Å². The first-order chi connectivity index (χ1) is 14.1. The summed E-state index contributed by atoms with van der Waals surface area (Å²) in [5, 5.41) is 6.79. The summed E-state index contributed by atoms with van der Waals surface area (Å²) >= 11 is 0. The average Bonchev–Trinajstić information content (AvgIpc) is 3.24. The fourth-order valence-electron chi connectivity index (χ4n) is 3.36. The van der Waals surface area contributed by atoms with Gasteiger partial charge in [-0.2, -0.15) is 4.98 Å². The van der Waals surface area contributed by atoms with E-state index >= 15 is 0 Å². The van der Waals surface area contributed by atoms with Crippen LogP contribution in [0.2, 0.25) is 0 Å². The van der Waals surface area contributed by atoms with Crippen molar-refractivity contribution in [3.05, 3.63) is 59.6 Å². The van der Waals surface area contributed by atoms with E-state index in [4.69, 9.17) is 4.52 Å². The van der Waals surface area contributed by atoms with Crippen LogP contribution in [0.15, 0.2) is 47.1 Å². The molecule has 3 heterocycles. The molecule has 2 aromatic heterocycles. The van der Waals surface area contributed by atoms with Crippen LogP contribution in [-0.2, 0) is 6.54 Å². The molecule has 0 bridgehead atoms. The molecule has 1 aliphatic heterocycles. The van der Waals surface area contributed by atoms with E-state index in [2.05, 4.69) is 32.3 Å². The molecule has 1 aromatic carbocycles. The Hall–Kier alpha value is -3.22. The van der Waals surface area contributed by atoms with Crippen molar-refractivity contribution in [1.29, 1.82) is 0 Å². The van der Waals surface area contributed by atoms with E-state index in [0.717, 1.165) is 36.0 Å². The number of anilines is 1. The van der Waals surface area contributed by atoms with Crippen LogP contribution in [0.5, 0.6) is 0 Å². The van der Waals surface area contributed by atoms with Crippen molar-refractivity contribution in [2.24, 2.45) is 5.92 Å². The predicted octanol–water partition coefficient (Wildman–Crippen LogP) is 3.61. The molecule has 3 aromatic rings. The van der Waals surface area contributed by atoms with E-state index in [1.165, 1.54) is 18.4 Å². The number of hydrogen-bond acceptors (Lipinski definition) is 6. The van der Waals surface area contributed by atoms with Crippen LogP contribution in [0.4, 0.5) is 5.82 Å². The van der Waals surface area contributed by atoms with Gasteiger partial charge in [0.05, 0.1) is 0 Å². The van der Waals surface area contributed by atoms with Gasteiger partial charge in [-0.3, -0.25) is 4.79 Å². The largest absolute Gasteiger partial charge is 0.357 e. The number of rotatable bonds is 5. The zero-order valence-corrected chi connectivity index (χ0v) is 16.8. The monoisotopic (exact) mass is 391 g/mol. The summed E-state index contributed by atoms with van der Waals surface area (Å²) in [5.41, 5.74) is 2.98. The van der Waals surface area contributed by atoms with Gasteiger partial charge in [-0.15, -0.1) is 0 Å². The smallest absolute Gasteiger partial charge is 0.316 e. The number of aromatic nitrogens is 3. The van der Waals surface area contributed by atoms with Crippen molar-refractivity contribution < 1.29 is 9.32 Å². The minimum Gasteiger partial charge on any atom is -0.357 e. The van der Waals surface area contributed by atoms with E-state index in [-0.39, 0.29) is 11.8 Å². The van der Waals surface area contributed by atoms with E-state index in [1.807, 2.05) is 43.3 Å². The van der Waals surface area contributed by atoms with Crippen LogP contribution in [0.1, 0.15) is 41.6 Å². The number of aryl methyl sites for hydroxylation is 1. The minimum absolute atomic E-state index is 0.0442. The van der Waals surface area contributed by atoms with Crippen LogP contribution in [0, 0.1) is 12.8 Å². The van der Waals surface area contributed by atoms with Gasteiger partial charge in [0.1, 0.15) is 5.82 Å². The third-order valence-electron chi connectivity index (χ3n) is 5.31. The average molecular weight is 391 g/mol. The summed E-state index contributed by atoms with van der Waals surface area (Å²) in [7, 11) is 0. The third kappa shape index (κ3) is 4.62. The Morgan fingerprint density at radius 1 is 1.21 bits per heavy atom. The number of pyridine rings is 1. The molecule has 1 amide bonds. The van der Waals surface area contributed by atoms with Gasteiger partial charge in [-0.1, -0.05) is 41.9 Å². The highest BCUT2D eigenvalue weighted by atomic mass is 16.5. The molecule has 1 aliphatic rings. The molecule has 0 spiro atoms. The Kier molecular flexibility index (Phi) is 5.55. The Bertz CT molecular complexity index is 975. The van der Waals surface area contributed by atoms with E-state index in [9.17, 15) is 4.79 Å². The lowest BCUT2D eigenvalue weighted by Crippen LogP contribution is -2.33. The molecule has 1 fully saturated rings. The molecule has 7 nitrogen and oxygen atoms in total. The molecule has 0 atom stereocenters. The number of nitrogens with zero attached hydrogens (tertiary/aromatic N) is 4. The Morgan fingerprint density at radius 3 is 2.72 bits per heavy atom. The highest BCUT2D eigenvalue weighted by Crippen LogP contribution is 2.25. The first kappa shape index (κ1) is 19.1. The van der Waals surface area contributed by atoms with Crippen LogP contribution < -0.4 is 10.2 Å². The number of piperidine rings is 1. The number of carbonyl (C=O) groups is 1.